The molecule has 0 saturated heterocycles. The zero-order valence-electron chi connectivity index (χ0n) is 20.5. The molecule has 192 valence electrons. The number of aldehydes is 1. The van der Waals surface area contributed by atoms with Gasteiger partial charge in [0.05, 0.1) is 11.3 Å². The number of fused-ring (bicyclic) bond motifs is 1. The van der Waals surface area contributed by atoms with Crippen LogP contribution in [0.4, 0.5) is 0 Å². The van der Waals surface area contributed by atoms with Gasteiger partial charge in [-0.25, -0.2) is 4.79 Å². The Balaban J connectivity index is 1.40. The first-order valence-corrected chi connectivity index (χ1v) is 13.0. The van der Waals surface area contributed by atoms with E-state index in [1.807, 2.05) is 12.1 Å². The van der Waals surface area contributed by atoms with Crippen LogP contribution in [0.15, 0.2) is 53.4 Å². The average molecular weight is 522 g/mol. The Kier molecular flexibility index (Phi) is 8.48. The number of nitrogens with zero attached hydrogens (tertiary/aromatic N) is 2. The minimum absolute atomic E-state index is 0.0817. The molecular formula is C27H27N2O7P. The van der Waals surface area contributed by atoms with Crippen LogP contribution in [0.5, 0.6) is 23.0 Å². The van der Waals surface area contributed by atoms with Gasteiger partial charge in [0.15, 0.2) is 18.1 Å². The van der Waals surface area contributed by atoms with Crippen LogP contribution in [0.2, 0.25) is 0 Å². The second-order valence-corrected chi connectivity index (χ2v) is 9.55. The van der Waals surface area contributed by atoms with E-state index >= 15 is 0 Å². The fraction of sp³-hybridized carbons (Fsp3) is 0.296. The molecule has 1 aromatic heterocycles. The van der Waals surface area contributed by atoms with Gasteiger partial charge in [-0.3, -0.25) is 14.3 Å². The number of aryl methyl sites for hydroxylation is 3. The monoisotopic (exact) mass is 522 g/mol. The van der Waals surface area contributed by atoms with E-state index in [4.69, 9.17) is 14.0 Å². The van der Waals surface area contributed by atoms with Gasteiger partial charge in [0.1, 0.15) is 18.1 Å². The third kappa shape index (κ3) is 6.50. The molecule has 1 N–H and O–H groups in total. The predicted molar refractivity (Wildman–Crippen MR) is 135 cm³/mol. The maximum absolute atomic E-state index is 12.6. The van der Waals surface area contributed by atoms with E-state index in [-0.39, 0.29) is 29.4 Å². The van der Waals surface area contributed by atoms with Crippen molar-refractivity contribution in [3.63, 3.8) is 0 Å². The van der Waals surface area contributed by atoms with E-state index in [0.717, 1.165) is 25.7 Å². The lowest BCUT2D eigenvalue weighted by molar-refractivity contribution is -0.169. The van der Waals surface area contributed by atoms with E-state index in [9.17, 15) is 19.6 Å². The molecule has 3 aromatic rings. The summed E-state index contributed by atoms with van der Waals surface area (Å²) in [4.78, 5) is 40.6. The van der Waals surface area contributed by atoms with Crippen LogP contribution in [-0.4, -0.2) is 28.4 Å². The lowest BCUT2D eigenvalue weighted by Crippen LogP contribution is -2.21. The molecule has 0 aliphatic heterocycles. The molecular weight excluding hydrogens is 495 g/mol. The molecule has 0 bridgehead atoms. The standard InChI is InChI=1S/C27H27N2O7P/c1-17-26(31)23(15-30)21(14-28-17)16-34-24-9-5-6-10-25(24)36-37(33)29-18(2)27(32)35-22-12-11-19-7-3-4-8-20(19)13-22/h5-6,9-15,18,31H,3-4,7-8,16H2,1-2H3/t18-/m0/s1. The number of hydrogen-bond donors (Lipinski definition) is 1. The fourth-order valence-electron chi connectivity index (χ4n) is 3.97. The molecule has 0 saturated carbocycles. The number of aromatic hydroxyl groups is 1. The van der Waals surface area contributed by atoms with Crippen molar-refractivity contribution >= 4 is 20.4 Å². The molecule has 0 spiro atoms. The Morgan fingerprint density at radius 2 is 1.92 bits per heavy atom. The highest BCUT2D eigenvalue weighted by atomic mass is 31.1. The van der Waals surface area contributed by atoms with Gasteiger partial charge < -0.3 is 19.5 Å². The van der Waals surface area contributed by atoms with E-state index in [1.54, 1.807) is 37.3 Å². The lowest BCUT2D eigenvalue weighted by Gasteiger charge is -2.16. The maximum Gasteiger partial charge on any atom is 0.395 e. The van der Waals surface area contributed by atoms with Crippen LogP contribution in [0, 0.1) is 6.92 Å². The molecule has 1 heterocycles. The summed E-state index contributed by atoms with van der Waals surface area (Å²) in [5.74, 6) is -0.0326. The van der Waals surface area contributed by atoms with Gasteiger partial charge in [-0.05, 0) is 74.9 Å². The van der Waals surface area contributed by atoms with Gasteiger partial charge >= 0.3 is 14.1 Å². The van der Waals surface area contributed by atoms with E-state index in [0.29, 0.717) is 23.3 Å². The normalized spacial score (nSPS) is 13.9. The number of para-hydroxylation sites is 2. The number of aromatic nitrogens is 1. The summed E-state index contributed by atoms with van der Waals surface area (Å²) in [6.07, 6.45) is 6.23. The van der Waals surface area contributed by atoms with Crippen molar-refractivity contribution in [3.05, 3.63) is 76.6 Å². The van der Waals surface area contributed by atoms with Gasteiger partial charge in [-0.1, -0.05) is 22.9 Å². The third-order valence-electron chi connectivity index (χ3n) is 6.03. The quantitative estimate of drug-likeness (QED) is 0.187. The molecule has 1 aliphatic carbocycles. The number of hydrogen-bond acceptors (Lipinski definition) is 9. The number of carbonyl (C=O) groups is 2. The zero-order chi connectivity index (χ0) is 26.4. The van der Waals surface area contributed by atoms with Crippen LogP contribution < -0.4 is 18.9 Å². The van der Waals surface area contributed by atoms with Gasteiger partial charge in [0.25, 0.3) is 0 Å². The molecule has 1 unspecified atom stereocenters. The summed E-state index contributed by atoms with van der Waals surface area (Å²) in [5, 5.41) is 10.1. The lowest BCUT2D eigenvalue weighted by atomic mass is 9.92. The molecule has 4 rings (SSSR count). The first-order chi connectivity index (χ1) is 17.9. The van der Waals surface area contributed by atoms with Crippen molar-refractivity contribution in [3.8, 4) is 23.0 Å². The Hall–Kier alpha value is -3.81. The van der Waals surface area contributed by atoms with Crippen molar-refractivity contribution in [1.29, 1.82) is 0 Å². The highest BCUT2D eigenvalue weighted by molar-refractivity contribution is 7.34. The molecule has 1 aliphatic rings. The van der Waals surface area contributed by atoms with Crippen molar-refractivity contribution in [2.45, 2.75) is 52.2 Å². The molecule has 2 atom stereocenters. The van der Waals surface area contributed by atoms with Crippen LogP contribution in [0.1, 0.15) is 52.5 Å². The van der Waals surface area contributed by atoms with Crippen LogP contribution in [-0.2, 0) is 24.2 Å². The molecule has 9 nitrogen and oxygen atoms in total. The summed E-state index contributed by atoms with van der Waals surface area (Å²) in [7, 11) is -2.63. The minimum atomic E-state index is -2.63. The summed E-state index contributed by atoms with van der Waals surface area (Å²) >= 11 is 0. The van der Waals surface area contributed by atoms with Gasteiger partial charge in [0, 0.05) is 11.8 Å². The SMILES string of the molecule is Cc1ncc(COc2ccccc2O[P+]([O-])=N[C@@H](C)C(=O)Oc2ccc3c(c2)CCCC3)c(C=O)c1O. The van der Waals surface area contributed by atoms with E-state index in [1.165, 1.54) is 24.2 Å². The Labute approximate surface area is 215 Å². The van der Waals surface area contributed by atoms with Crippen molar-refractivity contribution < 1.29 is 33.6 Å². The molecule has 0 fully saturated rings. The predicted octanol–water partition coefficient (Wildman–Crippen LogP) is 4.59. The third-order valence-corrected chi connectivity index (χ3v) is 6.92. The summed E-state index contributed by atoms with van der Waals surface area (Å²) in [6, 6.07) is 11.1. The van der Waals surface area contributed by atoms with E-state index < -0.39 is 20.2 Å². The number of esters is 1. The number of carbonyl (C=O) groups excluding carboxylic acids is 2. The van der Waals surface area contributed by atoms with Crippen LogP contribution in [0.25, 0.3) is 0 Å². The first-order valence-electron chi connectivity index (χ1n) is 11.9. The maximum atomic E-state index is 12.6. The molecule has 0 radical (unpaired) electrons. The fourth-order valence-corrected chi connectivity index (χ4v) is 4.71. The smallest absolute Gasteiger partial charge is 0.395 e. The van der Waals surface area contributed by atoms with E-state index in [2.05, 4.69) is 9.73 Å². The number of ether oxygens (including phenoxy) is 2. The second kappa shape index (κ2) is 12.0. The summed E-state index contributed by atoms with van der Waals surface area (Å²) in [6.45, 7) is 2.98. The summed E-state index contributed by atoms with van der Waals surface area (Å²) in [5.41, 5.74) is 3.24. The molecule has 2 aromatic carbocycles. The summed E-state index contributed by atoms with van der Waals surface area (Å²) < 4.78 is 20.6. The zero-order valence-corrected chi connectivity index (χ0v) is 21.4. The Morgan fingerprint density at radius 1 is 1.19 bits per heavy atom. The van der Waals surface area contributed by atoms with Gasteiger partial charge in [-0.2, -0.15) is 0 Å². The van der Waals surface area contributed by atoms with Crippen molar-refractivity contribution in [2.75, 3.05) is 0 Å². The Morgan fingerprint density at radius 3 is 2.68 bits per heavy atom. The van der Waals surface area contributed by atoms with Crippen molar-refractivity contribution in [2.24, 2.45) is 4.74 Å². The largest absolute Gasteiger partial charge is 0.575 e. The van der Waals surface area contributed by atoms with Gasteiger partial charge in [-0.15, -0.1) is 0 Å². The molecule has 0 amide bonds. The topological polar surface area (TPSA) is 130 Å². The number of rotatable bonds is 9. The number of pyridine rings is 1. The highest BCUT2D eigenvalue weighted by Gasteiger charge is 2.21. The second-order valence-electron chi connectivity index (χ2n) is 8.66. The van der Waals surface area contributed by atoms with Gasteiger partial charge in [0.2, 0.25) is 5.75 Å². The minimum Gasteiger partial charge on any atom is -0.575 e. The average Bonchev–Trinajstić information content (AvgIpc) is 2.90. The highest BCUT2D eigenvalue weighted by Crippen LogP contribution is 2.34. The molecule has 10 heteroatoms. The van der Waals surface area contributed by atoms with Crippen molar-refractivity contribution in [1.82, 2.24) is 4.98 Å². The molecule has 37 heavy (non-hydrogen) atoms. The number of benzene rings is 2. The first kappa shape index (κ1) is 26.3. The Bertz CT molecular complexity index is 1340. The van der Waals surface area contributed by atoms with Crippen LogP contribution in [0.3, 0.4) is 0 Å². The van der Waals surface area contributed by atoms with Crippen LogP contribution >= 0.6 is 8.17 Å².